The zero-order valence-electron chi connectivity index (χ0n) is 16.5. The fourth-order valence-corrected chi connectivity index (χ4v) is 4.20. The number of thioether (sulfide) groups is 1. The lowest BCUT2D eigenvalue weighted by Gasteiger charge is -2.36. The maximum absolute atomic E-state index is 12.0. The average Bonchev–Trinajstić information content (AvgIpc) is 2.75. The molecular weight excluding hydrogens is 370 g/mol. The SMILES string of the molecule is COc1ccccc1N1CCN(CCNC(=O)CCSc2ccccc2)CC1. The highest BCUT2D eigenvalue weighted by molar-refractivity contribution is 7.99. The molecule has 0 aliphatic carbocycles. The molecule has 0 unspecified atom stereocenters. The predicted octanol–water partition coefficient (Wildman–Crippen LogP) is 3.12. The fourth-order valence-electron chi connectivity index (χ4n) is 3.32. The van der Waals surface area contributed by atoms with Gasteiger partial charge < -0.3 is 15.0 Å². The zero-order valence-corrected chi connectivity index (χ0v) is 17.3. The van der Waals surface area contributed by atoms with Gasteiger partial charge in [0.25, 0.3) is 0 Å². The normalized spacial score (nSPS) is 14.7. The van der Waals surface area contributed by atoms with E-state index >= 15 is 0 Å². The third-order valence-corrected chi connectivity index (χ3v) is 5.90. The number of ether oxygens (including phenoxy) is 1. The molecule has 1 amide bonds. The average molecular weight is 400 g/mol. The topological polar surface area (TPSA) is 44.8 Å². The number of amides is 1. The minimum atomic E-state index is 0.135. The molecule has 3 rings (SSSR count). The van der Waals surface area contributed by atoms with E-state index in [4.69, 9.17) is 4.74 Å². The number of nitrogens with zero attached hydrogens (tertiary/aromatic N) is 2. The number of nitrogens with one attached hydrogen (secondary N) is 1. The molecule has 0 saturated carbocycles. The molecule has 2 aromatic rings. The number of piperazine rings is 1. The molecule has 1 aliphatic rings. The van der Waals surface area contributed by atoms with E-state index in [-0.39, 0.29) is 5.91 Å². The van der Waals surface area contributed by atoms with E-state index in [1.807, 2.05) is 30.3 Å². The summed E-state index contributed by atoms with van der Waals surface area (Å²) >= 11 is 1.72. The number of rotatable bonds is 9. The van der Waals surface area contributed by atoms with Crippen LogP contribution in [0.5, 0.6) is 5.75 Å². The molecule has 0 radical (unpaired) electrons. The molecule has 0 spiro atoms. The van der Waals surface area contributed by atoms with Crippen molar-refractivity contribution < 1.29 is 9.53 Å². The van der Waals surface area contributed by atoms with Crippen LogP contribution in [-0.4, -0.2) is 62.9 Å². The van der Waals surface area contributed by atoms with Crippen LogP contribution >= 0.6 is 11.8 Å². The van der Waals surface area contributed by atoms with Crippen LogP contribution < -0.4 is 15.0 Å². The van der Waals surface area contributed by atoms with Gasteiger partial charge in [0, 0.05) is 56.3 Å². The van der Waals surface area contributed by atoms with Crippen molar-refractivity contribution in [2.75, 3.05) is 57.0 Å². The number of carbonyl (C=O) groups excluding carboxylic acids is 1. The predicted molar refractivity (Wildman–Crippen MR) is 116 cm³/mol. The Kier molecular flexibility index (Phi) is 8.06. The van der Waals surface area contributed by atoms with Gasteiger partial charge in [-0.05, 0) is 24.3 Å². The van der Waals surface area contributed by atoms with E-state index in [1.54, 1.807) is 18.9 Å². The van der Waals surface area contributed by atoms with Crippen molar-refractivity contribution in [3.63, 3.8) is 0 Å². The highest BCUT2D eigenvalue weighted by Crippen LogP contribution is 2.28. The highest BCUT2D eigenvalue weighted by Gasteiger charge is 2.19. The van der Waals surface area contributed by atoms with Gasteiger partial charge >= 0.3 is 0 Å². The minimum absolute atomic E-state index is 0.135. The van der Waals surface area contributed by atoms with Crippen LogP contribution in [-0.2, 0) is 4.79 Å². The standard InChI is InChI=1S/C22H29N3O2S/c1-27-21-10-6-5-9-20(21)25-16-14-24(15-17-25)13-12-23-22(26)11-18-28-19-7-3-2-4-8-19/h2-10H,11-18H2,1H3,(H,23,26). The lowest BCUT2D eigenvalue weighted by Crippen LogP contribution is -2.48. The molecule has 0 aromatic heterocycles. The Balaban J connectivity index is 1.30. The van der Waals surface area contributed by atoms with E-state index in [0.717, 1.165) is 49.9 Å². The Bertz CT molecular complexity index is 734. The quantitative estimate of drug-likeness (QED) is 0.657. The lowest BCUT2D eigenvalue weighted by atomic mass is 10.2. The van der Waals surface area contributed by atoms with Crippen LogP contribution in [0.3, 0.4) is 0 Å². The van der Waals surface area contributed by atoms with E-state index in [9.17, 15) is 4.79 Å². The summed E-state index contributed by atoms with van der Waals surface area (Å²) in [4.78, 5) is 18.0. The van der Waals surface area contributed by atoms with Gasteiger partial charge in [0.2, 0.25) is 5.91 Å². The summed E-state index contributed by atoms with van der Waals surface area (Å²) in [5.41, 5.74) is 1.16. The number of anilines is 1. The molecule has 2 aromatic carbocycles. The Morgan fingerprint density at radius 1 is 1.04 bits per heavy atom. The van der Waals surface area contributed by atoms with Crippen molar-refractivity contribution in [3.05, 3.63) is 54.6 Å². The van der Waals surface area contributed by atoms with Gasteiger partial charge in [0.1, 0.15) is 5.75 Å². The van der Waals surface area contributed by atoms with E-state index < -0.39 is 0 Å². The van der Waals surface area contributed by atoms with Crippen LogP contribution in [0.25, 0.3) is 0 Å². The van der Waals surface area contributed by atoms with Crippen LogP contribution in [0.4, 0.5) is 5.69 Å². The molecule has 28 heavy (non-hydrogen) atoms. The molecule has 1 aliphatic heterocycles. The first-order chi connectivity index (χ1) is 13.8. The molecular formula is C22H29N3O2S. The number of hydrogen-bond acceptors (Lipinski definition) is 5. The van der Waals surface area contributed by atoms with Gasteiger partial charge in [0.05, 0.1) is 12.8 Å². The first-order valence-corrected chi connectivity index (χ1v) is 10.8. The van der Waals surface area contributed by atoms with Gasteiger partial charge in [-0.1, -0.05) is 30.3 Å². The van der Waals surface area contributed by atoms with Crippen molar-refractivity contribution in [1.29, 1.82) is 0 Å². The second-order valence-electron chi connectivity index (χ2n) is 6.76. The number of methoxy groups -OCH3 is 1. The van der Waals surface area contributed by atoms with Gasteiger partial charge in [-0.2, -0.15) is 0 Å². The van der Waals surface area contributed by atoms with Crippen LogP contribution in [0.15, 0.2) is 59.5 Å². The van der Waals surface area contributed by atoms with E-state index in [0.29, 0.717) is 13.0 Å². The number of hydrogen-bond donors (Lipinski definition) is 1. The van der Waals surface area contributed by atoms with E-state index in [2.05, 4.69) is 39.4 Å². The summed E-state index contributed by atoms with van der Waals surface area (Å²) in [5.74, 6) is 1.88. The first kappa shape index (κ1) is 20.6. The largest absolute Gasteiger partial charge is 0.495 e. The zero-order chi connectivity index (χ0) is 19.6. The van der Waals surface area contributed by atoms with Crippen molar-refractivity contribution in [3.8, 4) is 5.75 Å². The molecule has 1 fully saturated rings. The van der Waals surface area contributed by atoms with E-state index in [1.165, 1.54) is 4.90 Å². The maximum atomic E-state index is 12.0. The summed E-state index contributed by atoms with van der Waals surface area (Å²) in [6.07, 6.45) is 0.557. The van der Waals surface area contributed by atoms with Crippen molar-refractivity contribution >= 4 is 23.4 Å². The maximum Gasteiger partial charge on any atom is 0.220 e. The number of benzene rings is 2. The monoisotopic (exact) mass is 399 g/mol. The van der Waals surface area contributed by atoms with Crippen molar-refractivity contribution in [2.24, 2.45) is 0 Å². The number of carbonyl (C=O) groups is 1. The summed E-state index contributed by atoms with van der Waals surface area (Å²) in [5, 5.41) is 3.05. The minimum Gasteiger partial charge on any atom is -0.495 e. The van der Waals surface area contributed by atoms with Crippen molar-refractivity contribution in [2.45, 2.75) is 11.3 Å². The Hall–Kier alpha value is -2.18. The van der Waals surface area contributed by atoms with Gasteiger partial charge in [-0.3, -0.25) is 9.69 Å². The lowest BCUT2D eigenvalue weighted by molar-refractivity contribution is -0.120. The van der Waals surface area contributed by atoms with Crippen LogP contribution in [0.1, 0.15) is 6.42 Å². The molecule has 6 heteroatoms. The molecule has 0 bridgehead atoms. The first-order valence-electron chi connectivity index (χ1n) is 9.81. The Morgan fingerprint density at radius 3 is 2.50 bits per heavy atom. The van der Waals surface area contributed by atoms with Crippen LogP contribution in [0.2, 0.25) is 0 Å². The highest BCUT2D eigenvalue weighted by atomic mass is 32.2. The second kappa shape index (κ2) is 11.0. The molecule has 1 saturated heterocycles. The van der Waals surface area contributed by atoms with Gasteiger partial charge in [-0.25, -0.2) is 0 Å². The second-order valence-corrected chi connectivity index (χ2v) is 7.93. The molecule has 1 N–H and O–H groups in total. The third kappa shape index (κ3) is 6.17. The fraction of sp³-hybridized carbons (Fsp3) is 0.409. The molecule has 1 heterocycles. The summed E-state index contributed by atoms with van der Waals surface area (Å²) in [6, 6.07) is 18.4. The summed E-state index contributed by atoms with van der Waals surface area (Å²) < 4.78 is 5.47. The molecule has 150 valence electrons. The van der Waals surface area contributed by atoms with Crippen molar-refractivity contribution in [1.82, 2.24) is 10.2 Å². The Morgan fingerprint density at radius 2 is 1.75 bits per heavy atom. The van der Waals surface area contributed by atoms with Gasteiger partial charge in [-0.15, -0.1) is 11.8 Å². The third-order valence-electron chi connectivity index (χ3n) is 4.89. The van der Waals surface area contributed by atoms with Crippen LogP contribution in [0, 0.1) is 0 Å². The summed E-state index contributed by atoms with van der Waals surface area (Å²) in [6.45, 7) is 5.56. The smallest absolute Gasteiger partial charge is 0.220 e. The molecule has 0 atom stereocenters. The summed E-state index contributed by atoms with van der Waals surface area (Å²) in [7, 11) is 1.72. The van der Waals surface area contributed by atoms with Gasteiger partial charge in [0.15, 0.2) is 0 Å². The Labute approximate surface area is 172 Å². The molecule has 5 nitrogen and oxygen atoms in total. The number of para-hydroxylation sites is 2.